The highest BCUT2D eigenvalue weighted by Crippen LogP contribution is 2.16. The van der Waals surface area contributed by atoms with Crippen LogP contribution < -0.4 is 5.32 Å². The minimum absolute atomic E-state index is 0.0582. The summed E-state index contributed by atoms with van der Waals surface area (Å²) in [6, 6.07) is 13.5. The minimum Gasteiger partial charge on any atom is -0.452 e. The lowest BCUT2D eigenvalue weighted by Crippen LogP contribution is -2.20. The van der Waals surface area contributed by atoms with E-state index in [9.17, 15) is 14.4 Å². The van der Waals surface area contributed by atoms with Crippen molar-refractivity contribution in [1.29, 1.82) is 0 Å². The van der Waals surface area contributed by atoms with Crippen molar-refractivity contribution in [3.05, 3.63) is 70.8 Å². The van der Waals surface area contributed by atoms with Crippen molar-refractivity contribution < 1.29 is 19.1 Å². The predicted molar refractivity (Wildman–Crippen MR) is 96.5 cm³/mol. The Labute approximate surface area is 150 Å². The van der Waals surface area contributed by atoms with Crippen LogP contribution in [-0.4, -0.2) is 24.3 Å². The molecule has 5 nitrogen and oxygen atoms in total. The molecule has 0 aromatic heterocycles. The molecule has 1 N–H and O–H groups in total. The van der Waals surface area contributed by atoms with Crippen molar-refractivity contribution in [2.24, 2.45) is 0 Å². The van der Waals surface area contributed by atoms with E-state index in [4.69, 9.17) is 16.3 Å². The molecular formula is C19H16ClNO4. The van der Waals surface area contributed by atoms with E-state index >= 15 is 0 Å². The minimum atomic E-state index is -0.651. The maximum atomic E-state index is 11.8. The molecule has 0 bridgehead atoms. The number of ether oxygens (including phenoxy) is 1. The van der Waals surface area contributed by atoms with E-state index in [1.54, 1.807) is 48.5 Å². The lowest BCUT2D eigenvalue weighted by atomic mass is 10.1. The molecule has 0 spiro atoms. The molecule has 2 rings (SSSR count). The van der Waals surface area contributed by atoms with Gasteiger partial charge in [0.15, 0.2) is 12.4 Å². The molecule has 0 unspecified atom stereocenters. The number of carbonyl (C=O) groups is 3. The van der Waals surface area contributed by atoms with Crippen LogP contribution in [0, 0.1) is 0 Å². The third-order valence-corrected chi connectivity index (χ3v) is 3.57. The first-order chi connectivity index (χ1) is 12.0. The highest BCUT2D eigenvalue weighted by molar-refractivity contribution is 6.32. The molecule has 0 aliphatic heterocycles. The third-order valence-electron chi connectivity index (χ3n) is 3.22. The second-order valence-corrected chi connectivity index (χ2v) is 5.55. The lowest BCUT2D eigenvalue weighted by molar-refractivity contribution is -0.142. The van der Waals surface area contributed by atoms with Crippen molar-refractivity contribution in [1.82, 2.24) is 0 Å². The first-order valence-corrected chi connectivity index (χ1v) is 7.84. The number of nitrogens with one attached hydrogen (secondary N) is 1. The van der Waals surface area contributed by atoms with Gasteiger partial charge in [0.05, 0.1) is 0 Å². The highest BCUT2D eigenvalue weighted by atomic mass is 35.5. The van der Waals surface area contributed by atoms with Gasteiger partial charge in [-0.1, -0.05) is 29.8 Å². The first kappa shape index (κ1) is 18.4. The first-order valence-electron chi connectivity index (χ1n) is 7.46. The summed E-state index contributed by atoms with van der Waals surface area (Å²) in [7, 11) is 0. The number of esters is 1. The van der Waals surface area contributed by atoms with Crippen molar-refractivity contribution >= 4 is 41.0 Å². The second kappa shape index (κ2) is 8.80. The van der Waals surface area contributed by atoms with Crippen LogP contribution in [0.4, 0.5) is 5.69 Å². The van der Waals surface area contributed by atoms with E-state index < -0.39 is 18.5 Å². The third kappa shape index (κ3) is 5.90. The number of hydrogen-bond donors (Lipinski definition) is 1. The fraction of sp³-hybridized carbons (Fsp3) is 0.105. The Hall–Kier alpha value is -2.92. The molecular weight excluding hydrogens is 342 g/mol. The van der Waals surface area contributed by atoms with E-state index in [2.05, 4.69) is 5.32 Å². The van der Waals surface area contributed by atoms with Gasteiger partial charge in [0.1, 0.15) is 0 Å². The van der Waals surface area contributed by atoms with Gasteiger partial charge >= 0.3 is 5.97 Å². The molecule has 0 fully saturated rings. The van der Waals surface area contributed by atoms with Gasteiger partial charge in [-0.15, -0.1) is 0 Å². The smallest absolute Gasteiger partial charge is 0.331 e. The molecule has 6 heteroatoms. The van der Waals surface area contributed by atoms with Crippen LogP contribution in [0.3, 0.4) is 0 Å². The fourth-order valence-corrected chi connectivity index (χ4v) is 2.14. The predicted octanol–water partition coefficient (Wildman–Crippen LogP) is 3.74. The summed E-state index contributed by atoms with van der Waals surface area (Å²) in [5, 5.41) is 3.09. The second-order valence-electron chi connectivity index (χ2n) is 5.14. The van der Waals surface area contributed by atoms with Gasteiger partial charge in [-0.2, -0.15) is 0 Å². The number of rotatable bonds is 6. The van der Waals surface area contributed by atoms with Crippen LogP contribution in [0.1, 0.15) is 22.8 Å². The summed E-state index contributed by atoms with van der Waals surface area (Å²) in [5.41, 5.74) is 1.74. The maximum Gasteiger partial charge on any atom is 0.331 e. The fourth-order valence-electron chi connectivity index (χ4n) is 1.94. The van der Waals surface area contributed by atoms with Crippen LogP contribution in [0.15, 0.2) is 54.6 Å². The Morgan fingerprint density at radius 3 is 2.40 bits per heavy atom. The van der Waals surface area contributed by atoms with Gasteiger partial charge in [-0.05, 0) is 48.9 Å². The molecule has 2 aromatic carbocycles. The van der Waals surface area contributed by atoms with E-state index in [1.807, 2.05) is 0 Å². The summed E-state index contributed by atoms with van der Waals surface area (Å²) in [6.45, 7) is 1.04. The molecule has 128 valence electrons. The van der Waals surface area contributed by atoms with Crippen LogP contribution in [0.2, 0.25) is 5.02 Å². The molecule has 25 heavy (non-hydrogen) atoms. The van der Waals surface area contributed by atoms with Crippen LogP contribution in [-0.2, 0) is 14.3 Å². The standard InChI is InChI=1S/C19H16ClNO4/c1-13(22)14-6-9-16(10-7-14)21-18(23)12-25-19(24)11-8-15-4-2-3-5-17(15)20/h2-11H,12H2,1H3,(H,21,23)/b11-8+. The molecule has 0 aliphatic carbocycles. The lowest BCUT2D eigenvalue weighted by Gasteiger charge is -2.06. The SMILES string of the molecule is CC(=O)c1ccc(NC(=O)COC(=O)/C=C/c2ccccc2Cl)cc1. The number of hydrogen-bond acceptors (Lipinski definition) is 4. The van der Waals surface area contributed by atoms with Gasteiger partial charge in [-0.3, -0.25) is 9.59 Å². The Kier molecular flexibility index (Phi) is 6.48. The van der Waals surface area contributed by atoms with E-state index in [1.165, 1.54) is 19.1 Å². The largest absolute Gasteiger partial charge is 0.452 e. The quantitative estimate of drug-likeness (QED) is 0.485. The number of ketones is 1. The average Bonchev–Trinajstić information content (AvgIpc) is 2.59. The number of benzene rings is 2. The summed E-state index contributed by atoms with van der Waals surface area (Å²) >= 11 is 5.97. The Bertz CT molecular complexity index is 812. The van der Waals surface area contributed by atoms with Crippen molar-refractivity contribution in [2.45, 2.75) is 6.92 Å². The summed E-state index contributed by atoms with van der Waals surface area (Å²) in [4.78, 5) is 34.6. The van der Waals surface area contributed by atoms with Crippen LogP contribution in [0.25, 0.3) is 6.08 Å². The van der Waals surface area contributed by atoms with Crippen LogP contribution in [0.5, 0.6) is 0 Å². The van der Waals surface area contributed by atoms with Gasteiger partial charge in [0.2, 0.25) is 0 Å². The van der Waals surface area contributed by atoms with E-state index in [-0.39, 0.29) is 5.78 Å². The molecule has 0 saturated heterocycles. The summed E-state index contributed by atoms with van der Waals surface area (Å²) in [5.74, 6) is -1.19. The molecule has 0 aliphatic rings. The van der Waals surface area contributed by atoms with E-state index in [0.29, 0.717) is 21.8 Å². The highest BCUT2D eigenvalue weighted by Gasteiger charge is 2.06. The summed E-state index contributed by atoms with van der Waals surface area (Å²) in [6.07, 6.45) is 2.72. The Balaban J connectivity index is 1.82. The Morgan fingerprint density at radius 2 is 1.76 bits per heavy atom. The topological polar surface area (TPSA) is 72.5 Å². The van der Waals surface area contributed by atoms with Crippen molar-refractivity contribution in [3.63, 3.8) is 0 Å². The number of amides is 1. The van der Waals surface area contributed by atoms with Gasteiger partial charge < -0.3 is 10.1 Å². The zero-order valence-electron chi connectivity index (χ0n) is 13.5. The van der Waals surface area contributed by atoms with Gasteiger partial charge in [0.25, 0.3) is 5.91 Å². The molecule has 0 atom stereocenters. The number of carbonyl (C=O) groups excluding carboxylic acids is 3. The number of halogens is 1. The molecule has 0 saturated carbocycles. The summed E-state index contributed by atoms with van der Waals surface area (Å²) < 4.78 is 4.86. The monoisotopic (exact) mass is 357 g/mol. The van der Waals surface area contributed by atoms with Crippen LogP contribution >= 0.6 is 11.6 Å². The average molecular weight is 358 g/mol. The number of Topliss-reactive ketones (excluding diaryl/α,β-unsaturated/α-hetero) is 1. The Morgan fingerprint density at radius 1 is 1.08 bits per heavy atom. The van der Waals surface area contributed by atoms with Gasteiger partial charge in [0, 0.05) is 22.3 Å². The maximum absolute atomic E-state index is 11.8. The molecule has 2 aromatic rings. The number of anilines is 1. The van der Waals surface area contributed by atoms with E-state index in [0.717, 1.165) is 0 Å². The molecule has 0 heterocycles. The van der Waals surface area contributed by atoms with Gasteiger partial charge in [-0.25, -0.2) is 4.79 Å². The zero-order valence-corrected chi connectivity index (χ0v) is 14.2. The van der Waals surface area contributed by atoms with Crippen molar-refractivity contribution in [3.8, 4) is 0 Å². The molecule has 1 amide bonds. The normalized spacial score (nSPS) is 10.5. The molecule has 0 radical (unpaired) electrons. The zero-order chi connectivity index (χ0) is 18.2. The van der Waals surface area contributed by atoms with Crippen molar-refractivity contribution in [2.75, 3.05) is 11.9 Å².